The Bertz CT molecular complexity index is 343. The van der Waals surface area contributed by atoms with Gasteiger partial charge in [0.25, 0.3) is 0 Å². The molecule has 0 saturated carbocycles. The van der Waals surface area contributed by atoms with E-state index < -0.39 is 0 Å². The van der Waals surface area contributed by atoms with Crippen molar-refractivity contribution >= 4 is 22.9 Å². The molecule has 1 heterocycles. The molecule has 0 aliphatic carbocycles. The molecule has 0 N–H and O–H groups in total. The number of halogens is 1. The molecule has 0 aliphatic rings. The van der Waals surface area contributed by atoms with E-state index >= 15 is 0 Å². The molecule has 1 aromatic heterocycles. The Balaban J connectivity index is 2.54. The number of nitriles is 1. The molecule has 15 heavy (non-hydrogen) atoms. The van der Waals surface area contributed by atoms with Gasteiger partial charge in [-0.15, -0.1) is 11.3 Å². The van der Waals surface area contributed by atoms with E-state index in [1.807, 2.05) is 12.1 Å². The fourth-order valence-corrected chi connectivity index (χ4v) is 2.68. The van der Waals surface area contributed by atoms with Gasteiger partial charge in [-0.2, -0.15) is 5.26 Å². The zero-order chi connectivity index (χ0) is 11.3. The second-order valence-corrected chi connectivity index (χ2v) is 5.34. The zero-order valence-electron chi connectivity index (χ0n) is 9.03. The standard InChI is InChI=1S/C11H15ClN2S/c1-3-9(6-7-13)14(2)8-10-4-5-11(12)15-10/h4-5,9H,3,6,8H2,1-2H3. The highest BCUT2D eigenvalue weighted by atomic mass is 35.5. The van der Waals surface area contributed by atoms with E-state index in [0.717, 1.165) is 17.3 Å². The second kappa shape index (κ2) is 6.12. The van der Waals surface area contributed by atoms with Crippen LogP contribution in [0.25, 0.3) is 0 Å². The summed E-state index contributed by atoms with van der Waals surface area (Å²) < 4.78 is 0.826. The summed E-state index contributed by atoms with van der Waals surface area (Å²) in [5.74, 6) is 0. The van der Waals surface area contributed by atoms with Crippen LogP contribution in [-0.2, 0) is 6.54 Å². The van der Waals surface area contributed by atoms with Crippen LogP contribution in [0.4, 0.5) is 0 Å². The lowest BCUT2D eigenvalue weighted by Crippen LogP contribution is -2.29. The largest absolute Gasteiger partial charge is 0.297 e. The topological polar surface area (TPSA) is 27.0 Å². The molecule has 0 spiro atoms. The summed E-state index contributed by atoms with van der Waals surface area (Å²) in [5, 5.41) is 8.69. The van der Waals surface area contributed by atoms with Gasteiger partial charge in [0.15, 0.2) is 0 Å². The summed E-state index contributed by atoms with van der Waals surface area (Å²) in [7, 11) is 2.05. The molecule has 1 aromatic rings. The van der Waals surface area contributed by atoms with E-state index in [-0.39, 0.29) is 0 Å². The van der Waals surface area contributed by atoms with Crippen LogP contribution >= 0.6 is 22.9 Å². The molecular formula is C11H15ClN2S. The molecule has 0 amide bonds. The molecule has 0 bridgehead atoms. The summed E-state index contributed by atoms with van der Waals surface area (Å²) in [6.45, 7) is 2.98. The average Bonchev–Trinajstić information content (AvgIpc) is 2.60. The smallest absolute Gasteiger partial charge is 0.0931 e. The third-order valence-corrected chi connectivity index (χ3v) is 3.67. The number of hydrogen-bond acceptors (Lipinski definition) is 3. The molecule has 4 heteroatoms. The molecule has 0 fully saturated rings. The third-order valence-electron chi connectivity index (χ3n) is 2.46. The Morgan fingerprint density at radius 3 is 2.80 bits per heavy atom. The van der Waals surface area contributed by atoms with E-state index in [2.05, 4.69) is 24.9 Å². The molecule has 1 rings (SSSR count). The maximum atomic E-state index is 8.69. The molecule has 0 saturated heterocycles. The lowest BCUT2D eigenvalue weighted by Gasteiger charge is -2.24. The fraction of sp³-hybridized carbons (Fsp3) is 0.545. The molecular weight excluding hydrogens is 228 g/mol. The van der Waals surface area contributed by atoms with Crippen molar-refractivity contribution in [2.45, 2.75) is 32.4 Å². The molecule has 0 aliphatic heterocycles. The van der Waals surface area contributed by atoms with E-state index in [9.17, 15) is 0 Å². The summed E-state index contributed by atoms with van der Waals surface area (Å²) in [5.41, 5.74) is 0. The van der Waals surface area contributed by atoms with Gasteiger partial charge in [0.1, 0.15) is 0 Å². The van der Waals surface area contributed by atoms with Crippen molar-refractivity contribution in [2.24, 2.45) is 0 Å². The van der Waals surface area contributed by atoms with Crippen LogP contribution in [0, 0.1) is 11.3 Å². The van der Waals surface area contributed by atoms with Gasteiger partial charge in [-0.1, -0.05) is 18.5 Å². The maximum Gasteiger partial charge on any atom is 0.0931 e. The quantitative estimate of drug-likeness (QED) is 0.790. The monoisotopic (exact) mass is 242 g/mol. The minimum Gasteiger partial charge on any atom is -0.297 e. The van der Waals surface area contributed by atoms with Crippen LogP contribution in [0.5, 0.6) is 0 Å². The average molecular weight is 243 g/mol. The van der Waals surface area contributed by atoms with E-state index in [1.165, 1.54) is 4.88 Å². The summed E-state index contributed by atoms with van der Waals surface area (Å²) in [4.78, 5) is 3.46. The fourth-order valence-electron chi connectivity index (χ4n) is 1.53. The first-order valence-electron chi connectivity index (χ1n) is 4.98. The molecule has 1 unspecified atom stereocenters. The number of thiophene rings is 1. The van der Waals surface area contributed by atoms with E-state index in [4.69, 9.17) is 16.9 Å². The number of nitrogens with zero attached hydrogens (tertiary/aromatic N) is 2. The second-order valence-electron chi connectivity index (χ2n) is 3.55. The van der Waals surface area contributed by atoms with Crippen LogP contribution in [0.1, 0.15) is 24.6 Å². The Morgan fingerprint density at radius 1 is 1.60 bits per heavy atom. The Hall–Kier alpha value is -0.560. The van der Waals surface area contributed by atoms with Gasteiger partial charge < -0.3 is 0 Å². The third kappa shape index (κ3) is 3.83. The summed E-state index contributed by atoms with van der Waals surface area (Å²) in [6, 6.07) is 6.53. The lowest BCUT2D eigenvalue weighted by molar-refractivity contribution is 0.232. The van der Waals surface area contributed by atoms with Crippen LogP contribution in [-0.4, -0.2) is 18.0 Å². The van der Waals surface area contributed by atoms with Crippen LogP contribution in [0.2, 0.25) is 4.34 Å². The normalized spacial score (nSPS) is 12.7. The van der Waals surface area contributed by atoms with Gasteiger partial charge >= 0.3 is 0 Å². The van der Waals surface area contributed by atoms with Crippen molar-refractivity contribution in [1.29, 1.82) is 5.26 Å². The van der Waals surface area contributed by atoms with Crippen molar-refractivity contribution in [2.75, 3.05) is 7.05 Å². The zero-order valence-corrected chi connectivity index (χ0v) is 10.6. The predicted molar refractivity (Wildman–Crippen MR) is 65.1 cm³/mol. The molecule has 82 valence electrons. The van der Waals surface area contributed by atoms with E-state index in [1.54, 1.807) is 11.3 Å². The van der Waals surface area contributed by atoms with Crippen LogP contribution in [0.15, 0.2) is 12.1 Å². The van der Waals surface area contributed by atoms with Gasteiger partial charge in [-0.05, 0) is 25.6 Å². The summed E-state index contributed by atoms with van der Waals surface area (Å²) >= 11 is 7.47. The number of rotatable bonds is 5. The van der Waals surface area contributed by atoms with Crippen LogP contribution in [0.3, 0.4) is 0 Å². The highest BCUT2D eigenvalue weighted by Crippen LogP contribution is 2.23. The summed E-state index contributed by atoms with van der Waals surface area (Å²) in [6.07, 6.45) is 1.59. The highest BCUT2D eigenvalue weighted by molar-refractivity contribution is 7.16. The maximum absolute atomic E-state index is 8.69. The highest BCUT2D eigenvalue weighted by Gasteiger charge is 2.13. The SMILES string of the molecule is CCC(CC#N)N(C)Cc1ccc(Cl)s1. The molecule has 0 radical (unpaired) electrons. The van der Waals surface area contributed by atoms with Gasteiger partial charge in [0, 0.05) is 17.5 Å². The molecule has 0 aromatic carbocycles. The molecule has 2 nitrogen and oxygen atoms in total. The first-order valence-corrected chi connectivity index (χ1v) is 6.18. The predicted octanol–water partition coefficient (Wildman–Crippen LogP) is 3.53. The first kappa shape index (κ1) is 12.5. The van der Waals surface area contributed by atoms with Crippen molar-refractivity contribution in [3.63, 3.8) is 0 Å². The van der Waals surface area contributed by atoms with Gasteiger partial charge in [-0.25, -0.2) is 0 Å². The minimum atomic E-state index is 0.343. The first-order chi connectivity index (χ1) is 7.17. The van der Waals surface area contributed by atoms with Crippen molar-refractivity contribution in [3.05, 3.63) is 21.3 Å². The van der Waals surface area contributed by atoms with Gasteiger partial charge in [0.2, 0.25) is 0 Å². The molecule has 1 atom stereocenters. The van der Waals surface area contributed by atoms with Crippen molar-refractivity contribution in [1.82, 2.24) is 4.90 Å². The van der Waals surface area contributed by atoms with Crippen LogP contribution < -0.4 is 0 Å². The minimum absolute atomic E-state index is 0.343. The lowest BCUT2D eigenvalue weighted by atomic mass is 10.1. The van der Waals surface area contributed by atoms with E-state index in [0.29, 0.717) is 12.5 Å². The van der Waals surface area contributed by atoms with Gasteiger partial charge in [0.05, 0.1) is 16.8 Å². The Labute approximate surface area is 100 Å². The van der Waals surface area contributed by atoms with Crippen molar-refractivity contribution < 1.29 is 0 Å². The van der Waals surface area contributed by atoms with Crippen molar-refractivity contribution in [3.8, 4) is 6.07 Å². The Morgan fingerprint density at radius 2 is 2.33 bits per heavy atom. The number of hydrogen-bond donors (Lipinski definition) is 0. The Kier molecular flexibility index (Phi) is 5.10. The van der Waals surface area contributed by atoms with Gasteiger partial charge in [-0.3, -0.25) is 4.90 Å².